The van der Waals surface area contributed by atoms with Gasteiger partial charge in [0.2, 0.25) is 0 Å². The lowest BCUT2D eigenvalue weighted by molar-refractivity contribution is 0.622. The molecule has 0 amide bonds. The van der Waals surface area contributed by atoms with E-state index in [2.05, 4.69) is 37.3 Å². The van der Waals surface area contributed by atoms with E-state index in [1.165, 1.54) is 4.57 Å². The van der Waals surface area contributed by atoms with Crippen LogP contribution in [0, 0.1) is 0 Å². The minimum absolute atomic E-state index is 0.253. The molecular weight excluding hydrogens is 314 g/mol. The zero-order chi connectivity index (χ0) is 16.4. The third kappa shape index (κ3) is 2.77. The summed E-state index contributed by atoms with van der Waals surface area (Å²) in [4.78, 5) is 38.1. The highest BCUT2D eigenvalue weighted by molar-refractivity contribution is 7.78. The van der Waals surface area contributed by atoms with Crippen molar-refractivity contribution in [2.45, 2.75) is 19.9 Å². The smallest absolute Gasteiger partial charge is 0.330 e. The SMILES string of the molecule is CCCn1c(=O)[nH]c2nc(-c3ccc(N=C=S)cc3)[nH]c2c1=O. The number of nitrogens with zero attached hydrogens (tertiary/aromatic N) is 3. The van der Waals surface area contributed by atoms with Gasteiger partial charge in [-0.25, -0.2) is 9.78 Å². The summed E-state index contributed by atoms with van der Waals surface area (Å²) in [5.41, 5.74) is 1.17. The zero-order valence-electron chi connectivity index (χ0n) is 12.3. The van der Waals surface area contributed by atoms with Crippen molar-refractivity contribution in [1.82, 2.24) is 19.5 Å². The summed E-state index contributed by atoms with van der Waals surface area (Å²) in [5.74, 6) is 0.500. The quantitative estimate of drug-likeness (QED) is 0.567. The van der Waals surface area contributed by atoms with Gasteiger partial charge in [0, 0.05) is 12.1 Å². The number of nitrogens with one attached hydrogen (secondary N) is 2. The van der Waals surface area contributed by atoms with E-state index in [4.69, 9.17) is 0 Å². The Labute approximate surface area is 135 Å². The largest absolute Gasteiger partial charge is 0.332 e. The molecule has 7 nitrogen and oxygen atoms in total. The minimum Gasteiger partial charge on any atom is -0.332 e. The second-order valence-electron chi connectivity index (χ2n) is 4.95. The predicted octanol–water partition coefficient (Wildman–Crippen LogP) is 2.22. The molecule has 0 aliphatic heterocycles. The number of H-pyrrole nitrogens is 2. The van der Waals surface area contributed by atoms with E-state index in [-0.39, 0.29) is 16.7 Å². The normalized spacial score (nSPS) is 10.7. The molecule has 0 atom stereocenters. The fourth-order valence-electron chi connectivity index (χ4n) is 2.32. The number of aromatic nitrogens is 4. The standard InChI is InChI=1S/C15H13N5O2S/c1-2-7-20-14(21)11-13(19-15(20)22)18-12(17-11)9-3-5-10(6-4-9)16-8-23/h3-6H,2,7H2,1H3,(H,17,18)(H,19,22). The molecule has 116 valence electrons. The number of thiocarbonyl (C=S) groups is 1. The van der Waals surface area contributed by atoms with Gasteiger partial charge in [-0.05, 0) is 42.9 Å². The summed E-state index contributed by atoms with van der Waals surface area (Å²) in [6.07, 6.45) is 0.692. The van der Waals surface area contributed by atoms with Crippen LogP contribution in [0.2, 0.25) is 0 Å². The van der Waals surface area contributed by atoms with Gasteiger partial charge >= 0.3 is 5.69 Å². The maximum absolute atomic E-state index is 12.4. The van der Waals surface area contributed by atoms with Crippen LogP contribution in [0.1, 0.15) is 13.3 Å². The molecule has 0 radical (unpaired) electrons. The molecule has 0 fully saturated rings. The third-order valence-electron chi connectivity index (χ3n) is 3.40. The molecule has 0 aliphatic rings. The number of aromatic amines is 2. The Kier molecular flexibility index (Phi) is 4.01. The van der Waals surface area contributed by atoms with Crippen molar-refractivity contribution < 1.29 is 0 Å². The monoisotopic (exact) mass is 327 g/mol. The number of isothiocyanates is 1. The molecule has 0 saturated carbocycles. The second-order valence-corrected chi connectivity index (χ2v) is 5.13. The molecule has 0 unspecified atom stereocenters. The number of fused-ring (bicyclic) bond motifs is 1. The molecule has 2 heterocycles. The van der Waals surface area contributed by atoms with Gasteiger partial charge in [-0.2, -0.15) is 4.99 Å². The average Bonchev–Trinajstić information content (AvgIpc) is 2.96. The first kappa shape index (κ1) is 15.1. The Morgan fingerprint density at radius 1 is 1.26 bits per heavy atom. The summed E-state index contributed by atoms with van der Waals surface area (Å²) in [6, 6.07) is 7.12. The number of rotatable bonds is 4. The Morgan fingerprint density at radius 3 is 2.65 bits per heavy atom. The van der Waals surface area contributed by atoms with E-state index in [0.717, 1.165) is 5.56 Å². The van der Waals surface area contributed by atoms with Gasteiger partial charge in [0.05, 0.1) is 10.8 Å². The Hall–Kier alpha value is -2.83. The lowest BCUT2D eigenvalue weighted by Crippen LogP contribution is -2.34. The summed E-state index contributed by atoms with van der Waals surface area (Å²) in [6.45, 7) is 2.27. The lowest BCUT2D eigenvalue weighted by atomic mass is 10.2. The Morgan fingerprint density at radius 2 is 2.00 bits per heavy atom. The van der Waals surface area contributed by atoms with Gasteiger partial charge in [-0.3, -0.25) is 14.3 Å². The highest BCUT2D eigenvalue weighted by Gasteiger charge is 2.12. The fraction of sp³-hybridized carbons (Fsp3) is 0.200. The molecule has 0 aliphatic carbocycles. The van der Waals surface area contributed by atoms with Crippen molar-refractivity contribution in [3.05, 3.63) is 45.1 Å². The second kappa shape index (κ2) is 6.12. The average molecular weight is 327 g/mol. The number of hydrogen-bond acceptors (Lipinski definition) is 5. The third-order valence-corrected chi connectivity index (χ3v) is 3.49. The van der Waals surface area contributed by atoms with E-state index in [1.54, 1.807) is 24.3 Å². The van der Waals surface area contributed by atoms with Crippen LogP contribution in [-0.4, -0.2) is 24.7 Å². The molecule has 23 heavy (non-hydrogen) atoms. The van der Waals surface area contributed by atoms with Crippen molar-refractivity contribution >= 4 is 34.2 Å². The van der Waals surface area contributed by atoms with E-state index >= 15 is 0 Å². The van der Waals surface area contributed by atoms with Gasteiger partial charge in [0.15, 0.2) is 5.65 Å². The first-order valence-corrected chi connectivity index (χ1v) is 7.46. The van der Waals surface area contributed by atoms with Crippen molar-refractivity contribution in [1.29, 1.82) is 0 Å². The Bertz CT molecular complexity index is 1020. The van der Waals surface area contributed by atoms with Crippen molar-refractivity contribution in [2.24, 2.45) is 4.99 Å². The van der Waals surface area contributed by atoms with Crippen LogP contribution in [0.3, 0.4) is 0 Å². The van der Waals surface area contributed by atoms with Crippen LogP contribution in [0.4, 0.5) is 5.69 Å². The molecule has 3 aromatic rings. The molecule has 2 N–H and O–H groups in total. The zero-order valence-corrected chi connectivity index (χ0v) is 13.1. The number of benzene rings is 1. The van der Waals surface area contributed by atoms with Crippen molar-refractivity contribution in [3.63, 3.8) is 0 Å². The van der Waals surface area contributed by atoms with Crippen molar-refractivity contribution in [2.75, 3.05) is 0 Å². The summed E-state index contributed by atoms with van der Waals surface area (Å²) in [5, 5.41) is 2.30. The summed E-state index contributed by atoms with van der Waals surface area (Å²) < 4.78 is 1.17. The molecular formula is C15H13N5O2S. The van der Waals surface area contributed by atoms with Crippen LogP contribution in [-0.2, 0) is 6.54 Å². The van der Waals surface area contributed by atoms with E-state index in [0.29, 0.717) is 24.5 Å². The highest BCUT2D eigenvalue weighted by Crippen LogP contribution is 2.21. The van der Waals surface area contributed by atoms with Gasteiger partial charge < -0.3 is 4.98 Å². The molecule has 0 saturated heterocycles. The van der Waals surface area contributed by atoms with Crippen LogP contribution < -0.4 is 11.2 Å². The molecule has 2 aromatic heterocycles. The first-order valence-electron chi connectivity index (χ1n) is 7.05. The van der Waals surface area contributed by atoms with Gasteiger partial charge in [0.25, 0.3) is 5.56 Å². The molecule has 0 spiro atoms. The summed E-state index contributed by atoms with van der Waals surface area (Å²) in [7, 11) is 0. The van der Waals surface area contributed by atoms with Crippen LogP contribution in [0.5, 0.6) is 0 Å². The minimum atomic E-state index is -0.451. The number of hydrogen-bond donors (Lipinski definition) is 2. The van der Waals surface area contributed by atoms with Gasteiger partial charge in [0.1, 0.15) is 11.3 Å². The van der Waals surface area contributed by atoms with Crippen molar-refractivity contribution in [3.8, 4) is 11.4 Å². The maximum atomic E-state index is 12.4. The van der Waals surface area contributed by atoms with Crippen LogP contribution >= 0.6 is 12.2 Å². The van der Waals surface area contributed by atoms with Crippen LogP contribution in [0.15, 0.2) is 38.8 Å². The fourth-order valence-corrected chi connectivity index (χ4v) is 2.43. The van der Waals surface area contributed by atoms with E-state index < -0.39 is 5.69 Å². The lowest BCUT2D eigenvalue weighted by Gasteiger charge is -2.00. The van der Waals surface area contributed by atoms with E-state index in [9.17, 15) is 9.59 Å². The van der Waals surface area contributed by atoms with Gasteiger partial charge in [-0.15, -0.1) is 0 Å². The Balaban J connectivity index is 2.13. The summed E-state index contributed by atoms with van der Waals surface area (Å²) >= 11 is 4.56. The van der Waals surface area contributed by atoms with Crippen LogP contribution in [0.25, 0.3) is 22.6 Å². The number of imidazole rings is 1. The van der Waals surface area contributed by atoms with E-state index in [1.807, 2.05) is 6.92 Å². The maximum Gasteiger partial charge on any atom is 0.330 e. The number of aliphatic imine (C=N–C) groups is 1. The highest BCUT2D eigenvalue weighted by atomic mass is 32.1. The molecule has 8 heteroatoms. The predicted molar refractivity (Wildman–Crippen MR) is 91.4 cm³/mol. The molecule has 0 bridgehead atoms. The molecule has 1 aromatic carbocycles. The topological polar surface area (TPSA) is 95.9 Å². The molecule has 3 rings (SSSR count). The van der Waals surface area contributed by atoms with Gasteiger partial charge in [-0.1, -0.05) is 6.92 Å². The first-order chi connectivity index (χ1) is 11.1.